The van der Waals surface area contributed by atoms with Crippen LogP contribution >= 0.6 is 11.3 Å². The van der Waals surface area contributed by atoms with Crippen LogP contribution in [0.5, 0.6) is 0 Å². The number of nitrogens with zero attached hydrogens (tertiary/aromatic N) is 3. The van der Waals surface area contributed by atoms with Crippen molar-refractivity contribution in [1.82, 2.24) is 15.0 Å². The standard InChI is InChI=1S/C16H21N3O2S/c1-11(2)9-12-10-14(21-18-12)16(20)19-7-4-3-5-13(19)15-17-6-8-22-15/h6,8,10-11,13H,3-5,7,9H2,1-2H3/t13-/m0/s1. The third kappa shape index (κ3) is 3.21. The molecule has 0 saturated carbocycles. The second-order valence-corrected chi connectivity index (χ2v) is 7.09. The Morgan fingerprint density at radius 1 is 1.50 bits per heavy atom. The monoisotopic (exact) mass is 319 g/mol. The van der Waals surface area contributed by atoms with E-state index in [0.717, 1.165) is 42.9 Å². The SMILES string of the molecule is CC(C)Cc1cc(C(=O)N2CCCC[C@H]2c2nccs2)on1. The summed E-state index contributed by atoms with van der Waals surface area (Å²) in [6, 6.07) is 1.86. The summed E-state index contributed by atoms with van der Waals surface area (Å²) >= 11 is 1.61. The lowest BCUT2D eigenvalue weighted by atomic mass is 10.0. The zero-order valence-electron chi connectivity index (χ0n) is 13.0. The number of hydrogen-bond acceptors (Lipinski definition) is 5. The van der Waals surface area contributed by atoms with Gasteiger partial charge in [0, 0.05) is 24.2 Å². The zero-order valence-corrected chi connectivity index (χ0v) is 13.8. The van der Waals surface area contributed by atoms with Gasteiger partial charge in [-0.25, -0.2) is 4.98 Å². The molecule has 118 valence electrons. The minimum absolute atomic E-state index is 0.0672. The van der Waals surface area contributed by atoms with Gasteiger partial charge in [-0.05, 0) is 31.6 Å². The van der Waals surface area contributed by atoms with Crippen LogP contribution in [0.25, 0.3) is 0 Å². The summed E-state index contributed by atoms with van der Waals surface area (Å²) in [7, 11) is 0. The average Bonchev–Trinajstić information content (AvgIpc) is 3.17. The van der Waals surface area contributed by atoms with Crippen molar-refractivity contribution in [1.29, 1.82) is 0 Å². The Balaban J connectivity index is 1.78. The minimum atomic E-state index is -0.0672. The van der Waals surface area contributed by atoms with Crippen LogP contribution in [-0.4, -0.2) is 27.5 Å². The Morgan fingerprint density at radius 2 is 2.36 bits per heavy atom. The van der Waals surface area contributed by atoms with Gasteiger partial charge in [-0.2, -0.15) is 0 Å². The highest BCUT2D eigenvalue weighted by Gasteiger charge is 2.32. The molecule has 1 saturated heterocycles. The normalized spacial score (nSPS) is 18.9. The lowest BCUT2D eigenvalue weighted by molar-refractivity contribution is 0.0569. The summed E-state index contributed by atoms with van der Waals surface area (Å²) in [5.41, 5.74) is 0.848. The summed E-state index contributed by atoms with van der Waals surface area (Å²) in [6.07, 6.45) is 5.75. The van der Waals surface area contributed by atoms with Gasteiger partial charge in [-0.15, -0.1) is 11.3 Å². The van der Waals surface area contributed by atoms with E-state index in [-0.39, 0.29) is 11.9 Å². The van der Waals surface area contributed by atoms with Crippen LogP contribution in [0.2, 0.25) is 0 Å². The molecule has 2 aromatic rings. The van der Waals surface area contributed by atoms with Gasteiger partial charge in [0.25, 0.3) is 5.91 Å². The first-order valence-corrected chi connectivity index (χ1v) is 8.69. The fourth-order valence-corrected chi connectivity index (χ4v) is 3.68. The van der Waals surface area contributed by atoms with E-state index in [0.29, 0.717) is 11.7 Å². The highest BCUT2D eigenvalue weighted by molar-refractivity contribution is 7.09. The molecule has 0 radical (unpaired) electrons. The molecule has 22 heavy (non-hydrogen) atoms. The van der Waals surface area contributed by atoms with Crippen molar-refractivity contribution in [2.24, 2.45) is 5.92 Å². The largest absolute Gasteiger partial charge is 0.351 e. The topological polar surface area (TPSA) is 59.2 Å². The predicted octanol–water partition coefficient (Wildman–Crippen LogP) is 3.70. The Bertz CT molecular complexity index is 621. The summed E-state index contributed by atoms with van der Waals surface area (Å²) in [5.74, 6) is 0.771. The number of hydrogen-bond donors (Lipinski definition) is 0. The Hall–Kier alpha value is -1.69. The minimum Gasteiger partial charge on any atom is -0.351 e. The average molecular weight is 319 g/mol. The van der Waals surface area contributed by atoms with E-state index in [1.807, 2.05) is 10.3 Å². The Morgan fingerprint density at radius 3 is 3.09 bits per heavy atom. The smallest absolute Gasteiger partial charge is 0.293 e. The van der Waals surface area contributed by atoms with Crippen LogP contribution in [0.3, 0.4) is 0 Å². The van der Waals surface area contributed by atoms with Crippen LogP contribution in [0.1, 0.15) is 60.4 Å². The number of likely N-dealkylation sites (tertiary alicyclic amines) is 1. The van der Waals surface area contributed by atoms with Gasteiger partial charge in [0.15, 0.2) is 0 Å². The van der Waals surface area contributed by atoms with Crippen LogP contribution < -0.4 is 0 Å². The molecule has 5 nitrogen and oxygen atoms in total. The summed E-state index contributed by atoms with van der Waals surface area (Å²) < 4.78 is 5.29. The van der Waals surface area contributed by atoms with E-state index >= 15 is 0 Å². The van der Waals surface area contributed by atoms with Gasteiger partial charge in [0.1, 0.15) is 5.01 Å². The molecule has 6 heteroatoms. The number of carbonyl (C=O) groups is 1. The van der Waals surface area contributed by atoms with Gasteiger partial charge in [0.05, 0.1) is 11.7 Å². The molecule has 3 heterocycles. The number of piperidine rings is 1. The summed E-state index contributed by atoms with van der Waals surface area (Å²) in [6.45, 7) is 5.00. The van der Waals surface area contributed by atoms with E-state index < -0.39 is 0 Å². The number of aromatic nitrogens is 2. The van der Waals surface area contributed by atoms with Crippen molar-refractivity contribution in [3.63, 3.8) is 0 Å². The molecule has 3 rings (SSSR count). The Kier molecular flexibility index (Phi) is 4.57. The Labute approximate surface area is 134 Å². The van der Waals surface area contributed by atoms with Gasteiger partial charge >= 0.3 is 0 Å². The van der Waals surface area contributed by atoms with Gasteiger partial charge < -0.3 is 9.42 Å². The molecule has 1 fully saturated rings. The molecule has 0 unspecified atom stereocenters. The molecule has 0 bridgehead atoms. The third-order valence-corrected chi connectivity index (χ3v) is 4.76. The maximum atomic E-state index is 12.8. The number of carbonyl (C=O) groups excluding carboxylic acids is 1. The van der Waals surface area contributed by atoms with Crippen LogP contribution in [-0.2, 0) is 6.42 Å². The lowest BCUT2D eigenvalue weighted by Crippen LogP contribution is -2.38. The maximum Gasteiger partial charge on any atom is 0.293 e. The van der Waals surface area contributed by atoms with Crippen LogP contribution in [0, 0.1) is 5.92 Å². The van der Waals surface area contributed by atoms with Gasteiger partial charge in [-0.3, -0.25) is 4.79 Å². The van der Waals surface area contributed by atoms with Crippen LogP contribution in [0.15, 0.2) is 22.2 Å². The number of thiazole rings is 1. The first-order chi connectivity index (χ1) is 10.6. The van der Waals surface area contributed by atoms with Crippen molar-refractivity contribution < 1.29 is 9.32 Å². The maximum absolute atomic E-state index is 12.8. The second-order valence-electron chi connectivity index (χ2n) is 6.16. The van der Waals surface area contributed by atoms with Crippen molar-refractivity contribution in [2.75, 3.05) is 6.54 Å². The first-order valence-electron chi connectivity index (χ1n) is 7.81. The van der Waals surface area contributed by atoms with E-state index in [9.17, 15) is 4.79 Å². The molecule has 0 spiro atoms. The van der Waals surface area contributed by atoms with E-state index in [1.54, 1.807) is 23.6 Å². The zero-order chi connectivity index (χ0) is 15.5. The van der Waals surface area contributed by atoms with Crippen molar-refractivity contribution >= 4 is 17.2 Å². The van der Waals surface area contributed by atoms with Crippen molar-refractivity contribution in [3.8, 4) is 0 Å². The highest BCUT2D eigenvalue weighted by atomic mass is 32.1. The van der Waals surface area contributed by atoms with E-state index in [1.165, 1.54) is 0 Å². The summed E-state index contributed by atoms with van der Waals surface area (Å²) in [5, 5.41) is 6.99. The molecule has 0 N–H and O–H groups in total. The molecule has 1 atom stereocenters. The first kappa shape index (κ1) is 15.2. The molecule has 1 aliphatic heterocycles. The quantitative estimate of drug-likeness (QED) is 0.862. The van der Waals surface area contributed by atoms with E-state index in [2.05, 4.69) is 24.0 Å². The lowest BCUT2D eigenvalue weighted by Gasteiger charge is -2.33. The van der Waals surface area contributed by atoms with Gasteiger partial charge in [-0.1, -0.05) is 19.0 Å². The number of rotatable bonds is 4. The second kappa shape index (κ2) is 6.60. The molecule has 1 aliphatic rings. The molecule has 0 aliphatic carbocycles. The van der Waals surface area contributed by atoms with E-state index in [4.69, 9.17) is 4.52 Å². The third-order valence-electron chi connectivity index (χ3n) is 3.89. The fourth-order valence-electron chi connectivity index (χ4n) is 2.90. The molecule has 1 amide bonds. The van der Waals surface area contributed by atoms with Crippen molar-refractivity contribution in [2.45, 2.75) is 45.6 Å². The molecule has 2 aromatic heterocycles. The molecular weight excluding hydrogens is 298 g/mol. The fraction of sp³-hybridized carbons (Fsp3) is 0.562. The van der Waals surface area contributed by atoms with Crippen LogP contribution in [0.4, 0.5) is 0 Å². The van der Waals surface area contributed by atoms with Crippen molar-refractivity contribution in [3.05, 3.63) is 34.1 Å². The molecule has 0 aromatic carbocycles. The number of amides is 1. The predicted molar refractivity (Wildman–Crippen MR) is 84.8 cm³/mol. The molecular formula is C16H21N3O2S. The van der Waals surface area contributed by atoms with Gasteiger partial charge in [0.2, 0.25) is 5.76 Å². The highest BCUT2D eigenvalue weighted by Crippen LogP contribution is 2.33. The summed E-state index contributed by atoms with van der Waals surface area (Å²) in [4.78, 5) is 19.1.